The minimum Gasteiger partial charge on any atom is -0.450 e. The number of nitrogens with zero attached hydrogens (tertiary/aromatic N) is 5. The first-order valence-corrected chi connectivity index (χ1v) is 6.74. The number of amides is 1. The van der Waals surface area contributed by atoms with Crippen LogP contribution < -0.4 is 4.90 Å². The standard InChI is InChI=1S/C11H14ClN5O4/c1-2-21-11(18)16-5-3-15(4-6-16)10-8(17(19)20)9(12)13-7-14-10/h7H,2-6H2,1H3. The lowest BCUT2D eigenvalue weighted by molar-refractivity contribution is -0.384. The van der Waals surface area contributed by atoms with Crippen molar-refractivity contribution >= 4 is 29.2 Å². The molecule has 0 unspecified atom stereocenters. The maximum Gasteiger partial charge on any atom is 0.409 e. The van der Waals surface area contributed by atoms with Gasteiger partial charge in [0.15, 0.2) is 0 Å². The van der Waals surface area contributed by atoms with Gasteiger partial charge in [0, 0.05) is 26.2 Å². The first kappa shape index (κ1) is 15.2. The second kappa shape index (κ2) is 6.53. The third kappa shape index (κ3) is 3.30. The predicted octanol–water partition coefficient (Wildman–Crippen LogP) is 1.32. The Morgan fingerprint density at radius 3 is 2.67 bits per heavy atom. The molecular formula is C11H14ClN5O4. The molecule has 0 atom stereocenters. The number of nitro groups is 1. The van der Waals surface area contributed by atoms with E-state index in [1.165, 1.54) is 6.33 Å². The first-order chi connectivity index (χ1) is 10.0. The molecule has 1 aromatic rings. The zero-order valence-corrected chi connectivity index (χ0v) is 12.1. The van der Waals surface area contributed by atoms with Crippen LogP contribution >= 0.6 is 11.6 Å². The van der Waals surface area contributed by atoms with Crippen LogP contribution in [0, 0.1) is 10.1 Å². The summed E-state index contributed by atoms with van der Waals surface area (Å²) in [5.74, 6) is 0.170. The van der Waals surface area contributed by atoms with Crippen molar-refractivity contribution in [1.82, 2.24) is 14.9 Å². The van der Waals surface area contributed by atoms with Crippen LogP contribution in [0.2, 0.25) is 5.15 Å². The van der Waals surface area contributed by atoms with E-state index in [9.17, 15) is 14.9 Å². The minimum absolute atomic E-state index is 0.170. The number of aromatic nitrogens is 2. The fourth-order valence-electron chi connectivity index (χ4n) is 2.05. The van der Waals surface area contributed by atoms with Crippen molar-refractivity contribution < 1.29 is 14.5 Å². The molecule has 0 radical (unpaired) electrons. The summed E-state index contributed by atoms with van der Waals surface area (Å²) in [6, 6.07) is 0. The summed E-state index contributed by atoms with van der Waals surface area (Å²) in [6.07, 6.45) is 0.801. The molecule has 0 saturated carbocycles. The number of piperazine rings is 1. The molecule has 1 aromatic heterocycles. The highest BCUT2D eigenvalue weighted by Gasteiger charge is 2.29. The molecule has 0 aliphatic carbocycles. The van der Waals surface area contributed by atoms with Gasteiger partial charge in [-0.2, -0.15) is 0 Å². The van der Waals surface area contributed by atoms with E-state index in [-0.39, 0.29) is 22.8 Å². The third-order valence-electron chi connectivity index (χ3n) is 3.05. The smallest absolute Gasteiger partial charge is 0.409 e. The van der Waals surface area contributed by atoms with Crippen molar-refractivity contribution in [2.24, 2.45) is 0 Å². The van der Waals surface area contributed by atoms with E-state index in [2.05, 4.69) is 9.97 Å². The van der Waals surface area contributed by atoms with Crippen molar-refractivity contribution in [1.29, 1.82) is 0 Å². The molecule has 1 aliphatic rings. The number of anilines is 1. The molecule has 21 heavy (non-hydrogen) atoms. The van der Waals surface area contributed by atoms with Crippen LogP contribution in [0.5, 0.6) is 0 Å². The van der Waals surface area contributed by atoms with E-state index in [0.717, 1.165) is 0 Å². The molecule has 0 N–H and O–H groups in total. The number of halogens is 1. The topological polar surface area (TPSA) is 102 Å². The molecule has 9 nitrogen and oxygen atoms in total. The molecule has 2 rings (SSSR count). The van der Waals surface area contributed by atoms with Gasteiger partial charge in [-0.25, -0.2) is 14.8 Å². The number of carbonyl (C=O) groups is 1. The molecule has 0 aromatic carbocycles. The van der Waals surface area contributed by atoms with Crippen molar-refractivity contribution in [2.45, 2.75) is 6.92 Å². The van der Waals surface area contributed by atoms with Crippen LogP contribution in [0.3, 0.4) is 0 Å². The van der Waals surface area contributed by atoms with Gasteiger partial charge in [0.25, 0.3) is 0 Å². The monoisotopic (exact) mass is 315 g/mol. The molecule has 1 saturated heterocycles. The van der Waals surface area contributed by atoms with Gasteiger partial charge in [-0.3, -0.25) is 10.1 Å². The summed E-state index contributed by atoms with van der Waals surface area (Å²) in [7, 11) is 0. The maximum absolute atomic E-state index is 11.6. The molecule has 114 valence electrons. The quantitative estimate of drug-likeness (QED) is 0.471. The molecule has 0 bridgehead atoms. The Bertz CT molecular complexity index is 547. The van der Waals surface area contributed by atoms with Gasteiger partial charge in [0.2, 0.25) is 11.0 Å². The van der Waals surface area contributed by atoms with Crippen LogP contribution in [0.15, 0.2) is 6.33 Å². The normalized spacial score (nSPS) is 15.0. The van der Waals surface area contributed by atoms with E-state index in [4.69, 9.17) is 16.3 Å². The number of carbonyl (C=O) groups excluding carboxylic acids is 1. The summed E-state index contributed by atoms with van der Waals surface area (Å²) in [6.45, 7) is 3.67. The fraction of sp³-hybridized carbons (Fsp3) is 0.545. The molecule has 1 aliphatic heterocycles. The Morgan fingerprint density at radius 1 is 1.43 bits per heavy atom. The van der Waals surface area contributed by atoms with Gasteiger partial charge in [0.05, 0.1) is 11.5 Å². The third-order valence-corrected chi connectivity index (χ3v) is 3.32. The van der Waals surface area contributed by atoms with Crippen molar-refractivity contribution in [3.63, 3.8) is 0 Å². The maximum atomic E-state index is 11.6. The Labute approximate surface area is 125 Å². The summed E-state index contributed by atoms with van der Waals surface area (Å²) in [5, 5.41) is 10.9. The molecule has 1 fully saturated rings. The van der Waals surface area contributed by atoms with E-state index in [1.54, 1.807) is 16.7 Å². The molecular weight excluding hydrogens is 302 g/mol. The molecule has 2 heterocycles. The fourth-order valence-corrected chi connectivity index (χ4v) is 2.25. The zero-order chi connectivity index (χ0) is 15.4. The summed E-state index contributed by atoms with van der Waals surface area (Å²) >= 11 is 5.76. The highest BCUT2D eigenvalue weighted by atomic mass is 35.5. The second-order valence-corrected chi connectivity index (χ2v) is 4.62. The number of ether oxygens (including phenoxy) is 1. The van der Waals surface area contributed by atoms with Gasteiger partial charge >= 0.3 is 11.8 Å². The summed E-state index contributed by atoms with van der Waals surface area (Å²) < 4.78 is 4.92. The molecule has 0 spiro atoms. The molecule has 1 amide bonds. The average Bonchev–Trinajstić information content (AvgIpc) is 2.47. The van der Waals surface area contributed by atoms with E-state index in [1.807, 2.05) is 0 Å². The van der Waals surface area contributed by atoms with Crippen LogP contribution in [-0.4, -0.2) is 58.7 Å². The first-order valence-electron chi connectivity index (χ1n) is 6.36. The van der Waals surface area contributed by atoms with Crippen LogP contribution in [0.1, 0.15) is 6.92 Å². The van der Waals surface area contributed by atoms with Crippen molar-refractivity contribution in [3.05, 3.63) is 21.6 Å². The largest absolute Gasteiger partial charge is 0.450 e. The Kier molecular flexibility index (Phi) is 4.73. The highest BCUT2D eigenvalue weighted by molar-refractivity contribution is 6.31. The highest BCUT2D eigenvalue weighted by Crippen LogP contribution is 2.31. The van der Waals surface area contributed by atoms with E-state index in [0.29, 0.717) is 32.8 Å². The lowest BCUT2D eigenvalue weighted by Gasteiger charge is -2.34. The van der Waals surface area contributed by atoms with Crippen LogP contribution in [0.25, 0.3) is 0 Å². The van der Waals surface area contributed by atoms with Gasteiger partial charge in [-0.05, 0) is 6.92 Å². The summed E-state index contributed by atoms with van der Waals surface area (Å²) in [4.78, 5) is 32.9. The Balaban J connectivity index is 2.11. The van der Waals surface area contributed by atoms with Gasteiger partial charge < -0.3 is 14.5 Å². The van der Waals surface area contributed by atoms with Crippen molar-refractivity contribution in [2.75, 3.05) is 37.7 Å². The van der Waals surface area contributed by atoms with Gasteiger partial charge in [0.1, 0.15) is 6.33 Å². The Morgan fingerprint density at radius 2 is 2.10 bits per heavy atom. The Hall–Kier alpha value is -2.16. The summed E-state index contributed by atoms with van der Waals surface area (Å²) in [5.41, 5.74) is -0.316. The number of hydrogen-bond acceptors (Lipinski definition) is 7. The van der Waals surface area contributed by atoms with Crippen LogP contribution in [0.4, 0.5) is 16.3 Å². The lowest BCUT2D eigenvalue weighted by Crippen LogP contribution is -2.49. The van der Waals surface area contributed by atoms with Gasteiger partial charge in [-0.1, -0.05) is 11.6 Å². The lowest BCUT2D eigenvalue weighted by atomic mass is 10.3. The predicted molar refractivity (Wildman–Crippen MR) is 74.5 cm³/mol. The second-order valence-electron chi connectivity index (χ2n) is 4.27. The van der Waals surface area contributed by atoms with Crippen molar-refractivity contribution in [3.8, 4) is 0 Å². The van der Waals surface area contributed by atoms with Crippen LogP contribution in [-0.2, 0) is 4.74 Å². The number of hydrogen-bond donors (Lipinski definition) is 0. The average molecular weight is 316 g/mol. The van der Waals surface area contributed by atoms with E-state index < -0.39 is 4.92 Å². The number of rotatable bonds is 3. The van der Waals surface area contributed by atoms with Gasteiger partial charge in [-0.15, -0.1) is 0 Å². The SMILES string of the molecule is CCOC(=O)N1CCN(c2ncnc(Cl)c2[N+](=O)[O-])CC1. The molecule has 10 heteroatoms. The zero-order valence-electron chi connectivity index (χ0n) is 11.4. The minimum atomic E-state index is -0.602. The van der Waals surface area contributed by atoms with E-state index >= 15 is 0 Å².